The number of hydrogen-bond donors (Lipinski definition) is 1. The Morgan fingerprint density at radius 3 is 2.85 bits per heavy atom. The minimum absolute atomic E-state index is 0.727. The zero-order valence-electron chi connectivity index (χ0n) is 9.01. The zero-order valence-corrected chi connectivity index (χ0v) is 9.01. The molecule has 0 aromatic heterocycles. The molecule has 1 aliphatic heterocycles. The Bertz CT molecular complexity index is 121. The molecular weight excluding hydrogens is 162 g/mol. The van der Waals surface area contributed by atoms with E-state index in [4.69, 9.17) is 4.74 Å². The Morgan fingerprint density at radius 2 is 2.31 bits per heavy atom. The molecule has 0 aliphatic carbocycles. The molecule has 1 fully saturated rings. The minimum Gasteiger partial charge on any atom is -0.381 e. The van der Waals surface area contributed by atoms with Gasteiger partial charge in [-0.25, -0.2) is 0 Å². The molecule has 2 heteroatoms. The van der Waals surface area contributed by atoms with Crippen LogP contribution in [0.5, 0.6) is 0 Å². The van der Waals surface area contributed by atoms with E-state index in [2.05, 4.69) is 19.2 Å². The fourth-order valence-electron chi connectivity index (χ4n) is 1.88. The SMILES string of the molecule is CCCC(CC)NCC1CCOC1. The van der Waals surface area contributed by atoms with Gasteiger partial charge in [0.2, 0.25) is 0 Å². The lowest BCUT2D eigenvalue weighted by atomic mass is 10.1. The third kappa shape index (κ3) is 4.10. The van der Waals surface area contributed by atoms with Crippen LogP contribution < -0.4 is 5.32 Å². The molecular formula is C11H23NO. The molecule has 78 valence electrons. The summed E-state index contributed by atoms with van der Waals surface area (Å²) in [4.78, 5) is 0. The first-order valence-electron chi connectivity index (χ1n) is 5.68. The third-order valence-corrected chi connectivity index (χ3v) is 2.85. The van der Waals surface area contributed by atoms with Gasteiger partial charge in [0.25, 0.3) is 0 Å². The Balaban J connectivity index is 2.07. The Morgan fingerprint density at radius 1 is 1.46 bits per heavy atom. The molecule has 0 saturated carbocycles. The summed E-state index contributed by atoms with van der Waals surface area (Å²) in [6.07, 6.45) is 5.09. The Kier molecular flexibility index (Phi) is 5.40. The van der Waals surface area contributed by atoms with E-state index in [0.717, 1.165) is 31.7 Å². The van der Waals surface area contributed by atoms with Crippen molar-refractivity contribution >= 4 is 0 Å². The molecule has 0 aromatic rings. The van der Waals surface area contributed by atoms with E-state index >= 15 is 0 Å². The van der Waals surface area contributed by atoms with E-state index in [0.29, 0.717) is 0 Å². The first-order chi connectivity index (χ1) is 6.36. The monoisotopic (exact) mass is 185 g/mol. The number of nitrogens with one attached hydrogen (secondary N) is 1. The van der Waals surface area contributed by atoms with E-state index in [1.54, 1.807) is 0 Å². The average molecular weight is 185 g/mol. The van der Waals surface area contributed by atoms with Gasteiger partial charge in [-0.05, 0) is 25.2 Å². The summed E-state index contributed by atoms with van der Waals surface area (Å²) in [5.41, 5.74) is 0. The van der Waals surface area contributed by atoms with Crippen LogP contribution in [0.2, 0.25) is 0 Å². The standard InChI is InChI=1S/C11H23NO/c1-3-5-11(4-2)12-8-10-6-7-13-9-10/h10-12H,3-9H2,1-2H3. The maximum Gasteiger partial charge on any atom is 0.0507 e. The fourth-order valence-corrected chi connectivity index (χ4v) is 1.88. The van der Waals surface area contributed by atoms with Crippen LogP contribution in [-0.2, 0) is 4.74 Å². The van der Waals surface area contributed by atoms with Gasteiger partial charge in [0.1, 0.15) is 0 Å². The molecule has 2 nitrogen and oxygen atoms in total. The van der Waals surface area contributed by atoms with E-state index in [-0.39, 0.29) is 0 Å². The second-order valence-electron chi connectivity index (χ2n) is 4.03. The van der Waals surface area contributed by atoms with Gasteiger partial charge in [0.15, 0.2) is 0 Å². The highest BCUT2D eigenvalue weighted by Gasteiger charge is 2.16. The van der Waals surface area contributed by atoms with Crippen molar-refractivity contribution in [3.63, 3.8) is 0 Å². The lowest BCUT2D eigenvalue weighted by molar-refractivity contribution is 0.184. The summed E-state index contributed by atoms with van der Waals surface area (Å²) in [5, 5.41) is 3.63. The summed E-state index contributed by atoms with van der Waals surface area (Å²) in [7, 11) is 0. The highest BCUT2D eigenvalue weighted by Crippen LogP contribution is 2.11. The fraction of sp³-hybridized carbons (Fsp3) is 1.00. The highest BCUT2D eigenvalue weighted by atomic mass is 16.5. The molecule has 2 atom stereocenters. The molecule has 13 heavy (non-hydrogen) atoms. The average Bonchev–Trinajstić information content (AvgIpc) is 2.64. The Hall–Kier alpha value is -0.0800. The summed E-state index contributed by atoms with van der Waals surface area (Å²) in [5.74, 6) is 0.769. The van der Waals surface area contributed by atoms with Crippen molar-refractivity contribution in [2.45, 2.75) is 45.6 Å². The van der Waals surface area contributed by atoms with Crippen LogP contribution in [-0.4, -0.2) is 25.8 Å². The predicted molar refractivity (Wildman–Crippen MR) is 55.9 cm³/mol. The molecule has 0 radical (unpaired) electrons. The van der Waals surface area contributed by atoms with Gasteiger partial charge < -0.3 is 10.1 Å². The quantitative estimate of drug-likeness (QED) is 0.685. The van der Waals surface area contributed by atoms with Crippen molar-refractivity contribution in [2.24, 2.45) is 5.92 Å². The largest absolute Gasteiger partial charge is 0.381 e. The number of ether oxygens (including phenoxy) is 1. The van der Waals surface area contributed by atoms with Gasteiger partial charge in [0.05, 0.1) is 6.61 Å². The molecule has 1 heterocycles. The molecule has 2 unspecified atom stereocenters. The van der Waals surface area contributed by atoms with Crippen LogP contribution in [0.1, 0.15) is 39.5 Å². The molecule has 0 amide bonds. The summed E-state index contributed by atoms with van der Waals surface area (Å²) in [6, 6.07) is 0.727. The molecule has 1 rings (SSSR count). The van der Waals surface area contributed by atoms with Gasteiger partial charge in [0, 0.05) is 19.2 Å². The van der Waals surface area contributed by atoms with Crippen LogP contribution in [0.3, 0.4) is 0 Å². The minimum atomic E-state index is 0.727. The second-order valence-corrected chi connectivity index (χ2v) is 4.03. The summed E-state index contributed by atoms with van der Waals surface area (Å²) < 4.78 is 5.34. The van der Waals surface area contributed by atoms with Gasteiger partial charge in [-0.3, -0.25) is 0 Å². The van der Waals surface area contributed by atoms with E-state index in [9.17, 15) is 0 Å². The van der Waals surface area contributed by atoms with Crippen molar-refractivity contribution in [1.82, 2.24) is 5.32 Å². The van der Waals surface area contributed by atoms with Gasteiger partial charge in [-0.15, -0.1) is 0 Å². The van der Waals surface area contributed by atoms with Crippen LogP contribution in [0.4, 0.5) is 0 Å². The molecule has 0 bridgehead atoms. The first kappa shape index (κ1) is 11.0. The molecule has 0 spiro atoms. The lowest BCUT2D eigenvalue weighted by Crippen LogP contribution is -2.33. The van der Waals surface area contributed by atoms with Crippen molar-refractivity contribution < 1.29 is 4.74 Å². The van der Waals surface area contributed by atoms with Crippen LogP contribution in [0.15, 0.2) is 0 Å². The summed E-state index contributed by atoms with van der Waals surface area (Å²) in [6.45, 7) is 7.60. The number of hydrogen-bond acceptors (Lipinski definition) is 2. The number of rotatable bonds is 6. The lowest BCUT2D eigenvalue weighted by Gasteiger charge is -2.18. The Labute approximate surface area is 82.0 Å². The summed E-state index contributed by atoms with van der Waals surface area (Å²) >= 11 is 0. The molecule has 1 aliphatic rings. The molecule has 1 saturated heterocycles. The van der Waals surface area contributed by atoms with Gasteiger partial charge in [-0.2, -0.15) is 0 Å². The van der Waals surface area contributed by atoms with E-state index < -0.39 is 0 Å². The maximum atomic E-state index is 5.34. The first-order valence-corrected chi connectivity index (χ1v) is 5.68. The smallest absolute Gasteiger partial charge is 0.0507 e. The second kappa shape index (κ2) is 6.39. The molecule has 0 aromatic carbocycles. The van der Waals surface area contributed by atoms with Gasteiger partial charge >= 0.3 is 0 Å². The van der Waals surface area contributed by atoms with Crippen molar-refractivity contribution in [3.05, 3.63) is 0 Å². The van der Waals surface area contributed by atoms with Crippen molar-refractivity contribution in [1.29, 1.82) is 0 Å². The normalized spacial score (nSPS) is 24.9. The topological polar surface area (TPSA) is 21.3 Å². The third-order valence-electron chi connectivity index (χ3n) is 2.85. The van der Waals surface area contributed by atoms with E-state index in [1.165, 1.54) is 25.7 Å². The predicted octanol–water partition coefficient (Wildman–Crippen LogP) is 2.19. The van der Waals surface area contributed by atoms with Crippen molar-refractivity contribution in [2.75, 3.05) is 19.8 Å². The van der Waals surface area contributed by atoms with Gasteiger partial charge in [-0.1, -0.05) is 20.3 Å². The zero-order chi connectivity index (χ0) is 9.52. The van der Waals surface area contributed by atoms with Crippen LogP contribution >= 0.6 is 0 Å². The van der Waals surface area contributed by atoms with E-state index in [1.807, 2.05) is 0 Å². The highest BCUT2D eigenvalue weighted by molar-refractivity contribution is 4.71. The van der Waals surface area contributed by atoms with Crippen LogP contribution in [0.25, 0.3) is 0 Å². The maximum absolute atomic E-state index is 5.34. The van der Waals surface area contributed by atoms with Crippen molar-refractivity contribution in [3.8, 4) is 0 Å². The molecule has 1 N–H and O–H groups in total. The van der Waals surface area contributed by atoms with Crippen LogP contribution in [0, 0.1) is 5.92 Å².